The molecule has 4 aromatic rings. The van der Waals surface area contributed by atoms with Gasteiger partial charge in [0.2, 0.25) is 5.91 Å². The van der Waals surface area contributed by atoms with E-state index in [0.29, 0.717) is 15.4 Å². The van der Waals surface area contributed by atoms with Gasteiger partial charge in [-0.2, -0.15) is 0 Å². The van der Waals surface area contributed by atoms with Crippen molar-refractivity contribution in [2.45, 2.75) is 31.2 Å². The quantitative estimate of drug-likeness (QED) is 0.326. The average Bonchev–Trinajstić information content (AvgIpc) is 3.06. The Balaban J connectivity index is 1.61. The Labute approximate surface area is 182 Å². The summed E-state index contributed by atoms with van der Waals surface area (Å²) in [7, 11) is 0. The molecule has 0 radical (unpaired) electrons. The van der Waals surface area contributed by atoms with Crippen molar-refractivity contribution in [2.75, 3.05) is 5.32 Å². The Morgan fingerprint density at radius 3 is 2.53 bits per heavy atom. The van der Waals surface area contributed by atoms with E-state index < -0.39 is 5.25 Å². The second-order valence-corrected chi connectivity index (χ2v) is 9.55. The number of hydrogen-bond acceptors (Lipinski definition) is 5. The summed E-state index contributed by atoms with van der Waals surface area (Å²) in [6, 6.07) is 17.5. The summed E-state index contributed by atoms with van der Waals surface area (Å²) in [5.74, 6) is -0.135. The zero-order valence-electron chi connectivity index (χ0n) is 16.9. The van der Waals surface area contributed by atoms with Gasteiger partial charge >= 0.3 is 0 Å². The third-order valence-corrected chi connectivity index (χ3v) is 6.82. The van der Waals surface area contributed by atoms with Gasteiger partial charge in [-0.25, -0.2) is 4.98 Å². The molecule has 2 N–H and O–H groups in total. The number of fused-ring (bicyclic) bond motifs is 1. The van der Waals surface area contributed by atoms with Crippen LogP contribution in [0.25, 0.3) is 21.3 Å². The van der Waals surface area contributed by atoms with Gasteiger partial charge in [0.25, 0.3) is 5.56 Å². The van der Waals surface area contributed by atoms with Crippen LogP contribution < -0.4 is 10.9 Å². The fourth-order valence-corrected chi connectivity index (χ4v) is 5.18. The standard InChI is InChI=1S/C23H21N3O2S2/c1-13-9-7-8-12-17(13)24-20(27)15(3)30-23-25-21(28)19-18(14(2)29-22(19)26-23)16-10-5-4-6-11-16/h4-12,15H,1-3H3,(H,24,27)(H,25,26,28). The Morgan fingerprint density at radius 1 is 1.10 bits per heavy atom. The number of aryl methyl sites for hydroxylation is 2. The van der Waals surface area contributed by atoms with Crippen LogP contribution in [0.1, 0.15) is 17.4 Å². The number of carbonyl (C=O) groups is 1. The van der Waals surface area contributed by atoms with E-state index in [9.17, 15) is 9.59 Å². The zero-order valence-corrected chi connectivity index (χ0v) is 18.5. The first-order chi connectivity index (χ1) is 14.4. The minimum atomic E-state index is -0.417. The van der Waals surface area contributed by atoms with Crippen molar-refractivity contribution in [3.8, 4) is 11.1 Å². The Bertz CT molecular complexity index is 1280. The normalized spacial score (nSPS) is 12.1. The fraction of sp³-hybridized carbons (Fsp3) is 0.174. The number of hydrogen-bond donors (Lipinski definition) is 2. The number of benzene rings is 2. The summed E-state index contributed by atoms with van der Waals surface area (Å²) in [5, 5.41) is 3.57. The van der Waals surface area contributed by atoms with Gasteiger partial charge in [0, 0.05) is 16.1 Å². The van der Waals surface area contributed by atoms with Crippen LogP contribution >= 0.6 is 23.1 Å². The lowest BCUT2D eigenvalue weighted by Crippen LogP contribution is -2.23. The number of aromatic amines is 1. The molecule has 4 rings (SSSR count). The lowest BCUT2D eigenvalue weighted by atomic mass is 10.0. The highest BCUT2D eigenvalue weighted by Gasteiger charge is 2.20. The number of amides is 1. The number of H-pyrrole nitrogens is 1. The molecule has 152 valence electrons. The Hall–Kier alpha value is -2.90. The predicted octanol–water partition coefficient (Wildman–Crippen LogP) is 5.39. The maximum atomic E-state index is 12.9. The molecule has 7 heteroatoms. The van der Waals surface area contributed by atoms with Crippen LogP contribution in [0, 0.1) is 13.8 Å². The van der Waals surface area contributed by atoms with Crippen molar-refractivity contribution in [1.29, 1.82) is 0 Å². The van der Waals surface area contributed by atoms with E-state index in [4.69, 9.17) is 0 Å². The summed E-state index contributed by atoms with van der Waals surface area (Å²) in [5.41, 5.74) is 3.52. The van der Waals surface area contributed by atoms with Crippen LogP contribution in [0.4, 0.5) is 5.69 Å². The third kappa shape index (κ3) is 4.04. The smallest absolute Gasteiger partial charge is 0.260 e. The zero-order chi connectivity index (χ0) is 21.3. The number of aromatic nitrogens is 2. The monoisotopic (exact) mass is 435 g/mol. The molecular weight excluding hydrogens is 414 g/mol. The number of para-hydroxylation sites is 1. The summed E-state index contributed by atoms with van der Waals surface area (Å²) < 4.78 is 0. The molecule has 1 amide bonds. The van der Waals surface area contributed by atoms with Crippen LogP contribution in [0.2, 0.25) is 0 Å². The third-order valence-electron chi connectivity index (χ3n) is 4.84. The minimum Gasteiger partial charge on any atom is -0.325 e. The molecule has 30 heavy (non-hydrogen) atoms. The molecule has 2 aromatic heterocycles. The van der Waals surface area contributed by atoms with Crippen LogP contribution in [-0.2, 0) is 4.79 Å². The van der Waals surface area contributed by atoms with Gasteiger partial charge in [-0.1, -0.05) is 60.3 Å². The number of nitrogens with one attached hydrogen (secondary N) is 2. The molecule has 0 saturated carbocycles. The molecule has 1 atom stereocenters. The Morgan fingerprint density at radius 2 is 1.80 bits per heavy atom. The fourth-order valence-electron chi connectivity index (χ4n) is 3.28. The SMILES string of the molecule is Cc1ccccc1NC(=O)C(C)Sc1nc2sc(C)c(-c3ccccc3)c2c(=O)[nH]1. The van der Waals surface area contributed by atoms with Gasteiger partial charge in [0.15, 0.2) is 5.16 Å². The lowest BCUT2D eigenvalue weighted by molar-refractivity contribution is -0.115. The van der Waals surface area contributed by atoms with E-state index in [1.54, 1.807) is 6.92 Å². The molecular formula is C23H21N3O2S2. The van der Waals surface area contributed by atoms with Crippen LogP contribution in [0.3, 0.4) is 0 Å². The molecule has 1 unspecified atom stereocenters. The number of nitrogens with zero attached hydrogens (tertiary/aromatic N) is 1. The summed E-state index contributed by atoms with van der Waals surface area (Å²) in [4.78, 5) is 34.7. The van der Waals surface area contributed by atoms with E-state index in [-0.39, 0.29) is 11.5 Å². The van der Waals surface area contributed by atoms with Crippen LogP contribution in [0.5, 0.6) is 0 Å². The maximum Gasteiger partial charge on any atom is 0.260 e. The van der Waals surface area contributed by atoms with Crippen LogP contribution in [0.15, 0.2) is 64.5 Å². The first-order valence-electron chi connectivity index (χ1n) is 9.56. The lowest BCUT2D eigenvalue weighted by Gasteiger charge is -2.13. The highest BCUT2D eigenvalue weighted by atomic mass is 32.2. The maximum absolute atomic E-state index is 12.9. The molecule has 0 aliphatic rings. The highest BCUT2D eigenvalue weighted by molar-refractivity contribution is 8.00. The van der Waals surface area contributed by atoms with Gasteiger partial charge in [-0.15, -0.1) is 11.3 Å². The first kappa shape index (κ1) is 20.4. The second-order valence-electron chi connectivity index (χ2n) is 7.01. The molecule has 5 nitrogen and oxygen atoms in total. The van der Waals surface area contributed by atoms with Crippen LogP contribution in [-0.4, -0.2) is 21.1 Å². The number of rotatable bonds is 5. The summed E-state index contributed by atoms with van der Waals surface area (Å²) >= 11 is 2.74. The molecule has 0 bridgehead atoms. The molecule has 0 fully saturated rings. The molecule has 0 aliphatic heterocycles. The van der Waals surface area contributed by atoms with Gasteiger partial charge < -0.3 is 10.3 Å². The van der Waals surface area contributed by atoms with E-state index in [2.05, 4.69) is 15.3 Å². The van der Waals surface area contributed by atoms with E-state index in [1.165, 1.54) is 23.1 Å². The number of thioether (sulfide) groups is 1. The van der Waals surface area contributed by atoms with Gasteiger partial charge in [0.05, 0.1) is 10.6 Å². The number of anilines is 1. The van der Waals surface area contributed by atoms with Crippen molar-refractivity contribution in [3.63, 3.8) is 0 Å². The largest absolute Gasteiger partial charge is 0.325 e. The van der Waals surface area contributed by atoms with Gasteiger partial charge in [-0.3, -0.25) is 9.59 Å². The van der Waals surface area contributed by atoms with Crippen molar-refractivity contribution in [3.05, 3.63) is 75.4 Å². The number of carbonyl (C=O) groups excluding carboxylic acids is 1. The van der Waals surface area contributed by atoms with E-state index >= 15 is 0 Å². The van der Waals surface area contributed by atoms with E-state index in [1.807, 2.05) is 68.4 Å². The van der Waals surface area contributed by atoms with Crippen molar-refractivity contribution in [1.82, 2.24) is 9.97 Å². The van der Waals surface area contributed by atoms with Crippen molar-refractivity contribution < 1.29 is 4.79 Å². The molecule has 2 aromatic carbocycles. The molecule has 2 heterocycles. The second kappa shape index (κ2) is 8.45. The van der Waals surface area contributed by atoms with Gasteiger partial charge in [0.1, 0.15) is 4.83 Å². The van der Waals surface area contributed by atoms with Crippen molar-refractivity contribution in [2.24, 2.45) is 0 Å². The minimum absolute atomic E-state index is 0.135. The molecule has 0 saturated heterocycles. The Kier molecular flexibility index (Phi) is 5.74. The van der Waals surface area contributed by atoms with Crippen molar-refractivity contribution >= 4 is 44.9 Å². The molecule has 0 aliphatic carbocycles. The molecule has 0 spiro atoms. The van der Waals surface area contributed by atoms with Gasteiger partial charge in [-0.05, 0) is 38.0 Å². The highest BCUT2D eigenvalue weighted by Crippen LogP contribution is 2.36. The average molecular weight is 436 g/mol. The summed E-state index contributed by atoms with van der Waals surface area (Å²) in [6.07, 6.45) is 0. The predicted molar refractivity (Wildman–Crippen MR) is 126 cm³/mol. The number of thiophene rings is 1. The van der Waals surface area contributed by atoms with E-state index in [0.717, 1.165) is 27.3 Å². The first-order valence-corrected chi connectivity index (χ1v) is 11.3. The topological polar surface area (TPSA) is 74.8 Å². The summed E-state index contributed by atoms with van der Waals surface area (Å²) in [6.45, 7) is 5.75.